The fraction of sp³-hybridized carbons (Fsp3) is 0.600. The number of carbonyl (C=O) groups excluding carboxylic acids is 2. The smallest absolute Gasteiger partial charge is 0.268 e. The van der Waals surface area contributed by atoms with Gasteiger partial charge in [-0.05, 0) is 19.3 Å². The van der Waals surface area contributed by atoms with Gasteiger partial charge in [-0.3, -0.25) is 14.6 Å². The van der Waals surface area contributed by atoms with Crippen molar-refractivity contribution < 1.29 is 9.59 Å². The van der Waals surface area contributed by atoms with Crippen LogP contribution < -0.4 is 11.1 Å². The number of aromatic nitrogens is 2. The van der Waals surface area contributed by atoms with Gasteiger partial charge in [0.2, 0.25) is 5.91 Å². The molecular formula is C15H21N5O2. The maximum Gasteiger partial charge on any atom is 0.268 e. The van der Waals surface area contributed by atoms with Crippen molar-refractivity contribution >= 4 is 17.6 Å². The lowest BCUT2D eigenvalue weighted by Gasteiger charge is -2.20. The molecule has 1 aromatic rings. The summed E-state index contributed by atoms with van der Waals surface area (Å²) in [6.07, 6.45) is 8.18. The molecule has 1 saturated carbocycles. The van der Waals surface area contributed by atoms with Crippen LogP contribution in [0.5, 0.6) is 0 Å². The maximum atomic E-state index is 12.4. The summed E-state index contributed by atoms with van der Waals surface area (Å²) in [7, 11) is 0. The minimum absolute atomic E-state index is 0.141. The first-order valence-corrected chi connectivity index (χ1v) is 7.80. The molecule has 3 N–H and O–H groups in total. The first-order chi connectivity index (χ1) is 10.6. The van der Waals surface area contributed by atoms with Gasteiger partial charge in [0.1, 0.15) is 11.5 Å². The average Bonchev–Trinajstić information content (AvgIpc) is 3.18. The van der Waals surface area contributed by atoms with Crippen molar-refractivity contribution in [2.45, 2.75) is 38.1 Å². The largest absolute Gasteiger partial charge is 0.364 e. The van der Waals surface area contributed by atoms with Gasteiger partial charge in [0, 0.05) is 25.0 Å². The fourth-order valence-electron chi connectivity index (χ4n) is 3.27. The number of nitrogens with zero attached hydrogens (tertiary/aromatic N) is 3. The third-order valence-corrected chi connectivity index (χ3v) is 4.44. The summed E-state index contributed by atoms with van der Waals surface area (Å²) in [4.78, 5) is 33.5. The van der Waals surface area contributed by atoms with E-state index in [9.17, 15) is 9.59 Å². The summed E-state index contributed by atoms with van der Waals surface area (Å²) in [6, 6.07) is 0.141. The predicted molar refractivity (Wildman–Crippen MR) is 81.1 cm³/mol. The molecule has 1 saturated heterocycles. The molecule has 1 aliphatic carbocycles. The van der Waals surface area contributed by atoms with Crippen molar-refractivity contribution in [2.24, 2.45) is 11.7 Å². The van der Waals surface area contributed by atoms with Crippen molar-refractivity contribution in [1.82, 2.24) is 14.9 Å². The molecular weight excluding hydrogens is 282 g/mol. The van der Waals surface area contributed by atoms with E-state index in [-0.39, 0.29) is 17.7 Å². The summed E-state index contributed by atoms with van der Waals surface area (Å²) in [5, 5.41) is 3.24. The summed E-state index contributed by atoms with van der Waals surface area (Å²) < 4.78 is 0. The lowest BCUT2D eigenvalue weighted by Crippen LogP contribution is -2.35. The quantitative estimate of drug-likeness (QED) is 0.856. The number of amides is 2. The highest BCUT2D eigenvalue weighted by molar-refractivity contribution is 5.90. The molecule has 3 rings (SSSR count). The van der Waals surface area contributed by atoms with Crippen molar-refractivity contribution in [3.8, 4) is 0 Å². The number of carbonyl (C=O) groups is 2. The molecule has 2 amide bonds. The van der Waals surface area contributed by atoms with Gasteiger partial charge in [-0.15, -0.1) is 0 Å². The molecule has 0 spiro atoms. The van der Waals surface area contributed by atoms with E-state index in [0.717, 1.165) is 25.8 Å². The zero-order valence-corrected chi connectivity index (χ0v) is 12.5. The second-order valence-electron chi connectivity index (χ2n) is 6.05. The van der Waals surface area contributed by atoms with Gasteiger partial charge >= 0.3 is 0 Å². The van der Waals surface area contributed by atoms with Crippen LogP contribution in [0.4, 0.5) is 5.82 Å². The van der Waals surface area contributed by atoms with Gasteiger partial charge < -0.3 is 16.0 Å². The van der Waals surface area contributed by atoms with Crippen LogP contribution in [0.25, 0.3) is 0 Å². The van der Waals surface area contributed by atoms with Gasteiger partial charge in [-0.25, -0.2) is 4.98 Å². The van der Waals surface area contributed by atoms with E-state index < -0.39 is 5.91 Å². The predicted octanol–water partition coefficient (Wildman–Crippen LogP) is 0.778. The fourth-order valence-corrected chi connectivity index (χ4v) is 3.27. The number of nitrogens with two attached hydrogens (primary N) is 1. The van der Waals surface area contributed by atoms with Crippen molar-refractivity contribution in [2.75, 3.05) is 18.4 Å². The molecule has 7 heteroatoms. The Kier molecular flexibility index (Phi) is 4.22. The Morgan fingerprint density at radius 3 is 2.73 bits per heavy atom. The molecule has 0 aromatic carbocycles. The molecule has 1 unspecified atom stereocenters. The maximum absolute atomic E-state index is 12.4. The Morgan fingerprint density at radius 2 is 2.00 bits per heavy atom. The van der Waals surface area contributed by atoms with Crippen LogP contribution in [0.15, 0.2) is 12.4 Å². The van der Waals surface area contributed by atoms with E-state index in [1.807, 2.05) is 4.90 Å². The highest BCUT2D eigenvalue weighted by atomic mass is 16.2. The van der Waals surface area contributed by atoms with Gasteiger partial charge in [0.05, 0.1) is 12.4 Å². The lowest BCUT2D eigenvalue weighted by molar-refractivity contribution is -0.134. The van der Waals surface area contributed by atoms with Crippen molar-refractivity contribution in [1.29, 1.82) is 0 Å². The summed E-state index contributed by atoms with van der Waals surface area (Å²) >= 11 is 0. The minimum Gasteiger partial charge on any atom is -0.364 e. The normalized spacial score (nSPS) is 22.0. The molecule has 22 heavy (non-hydrogen) atoms. The number of anilines is 1. The van der Waals surface area contributed by atoms with Crippen LogP contribution in [0.3, 0.4) is 0 Å². The molecule has 0 bridgehead atoms. The number of likely N-dealkylation sites (tertiary alicyclic amines) is 1. The topological polar surface area (TPSA) is 101 Å². The van der Waals surface area contributed by atoms with E-state index in [1.165, 1.54) is 19.0 Å². The molecule has 118 valence electrons. The Morgan fingerprint density at radius 1 is 1.23 bits per heavy atom. The van der Waals surface area contributed by atoms with Gasteiger partial charge in [0.15, 0.2) is 0 Å². The molecule has 1 aliphatic heterocycles. The number of rotatable bonds is 4. The van der Waals surface area contributed by atoms with Gasteiger partial charge in [0.25, 0.3) is 5.91 Å². The van der Waals surface area contributed by atoms with Crippen LogP contribution in [0, 0.1) is 5.92 Å². The molecule has 0 radical (unpaired) electrons. The first-order valence-electron chi connectivity index (χ1n) is 7.80. The SMILES string of the molecule is NC(=O)c1cncc(NC2CCN(C(=O)C3CCCC3)C2)n1. The molecule has 1 aromatic heterocycles. The monoisotopic (exact) mass is 303 g/mol. The Balaban J connectivity index is 1.57. The molecule has 1 atom stereocenters. The zero-order chi connectivity index (χ0) is 15.5. The standard InChI is InChI=1S/C15H21N5O2/c16-14(21)12-7-17-8-13(19-12)18-11-5-6-20(9-11)15(22)10-3-1-2-4-10/h7-8,10-11H,1-6,9H2,(H2,16,21)(H,18,19). The molecule has 7 nitrogen and oxygen atoms in total. The highest BCUT2D eigenvalue weighted by Crippen LogP contribution is 2.28. The van der Waals surface area contributed by atoms with Crippen LogP contribution in [-0.2, 0) is 4.79 Å². The van der Waals surface area contributed by atoms with E-state index in [4.69, 9.17) is 5.73 Å². The Labute approximate surface area is 129 Å². The molecule has 2 heterocycles. The number of hydrogen-bond donors (Lipinski definition) is 2. The van der Waals surface area contributed by atoms with E-state index >= 15 is 0 Å². The van der Waals surface area contributed by atoms with Crippen LogP contribution >= 0.6 is 0 Å². The second kappa shape index (κ2) is 6.29. The number of nitrogens with one attached hydrogen (secondary N) is 1. The van der Waals surface area contributed by atoms with Crippen LogP contribution in [0.2, 0.25) is 0 Å². The summed E-state index contributed by atoms with van der Waals surface area (Å²) in [6.45, 7) is 1.45. The van der Waals surface area contributed by atoms with Crippen LogP contribution in [0.1, 0.15) is 42.6 Å². The number of hydrogen-bond acceptors (Lipinski definition) is 5. The molecule has 2 fully saturated rings. The Hall–Kier alpha value is -2.18. The van der Waals surface area contributed by atoms with E-state index in [2.05, 4.69) is 15.3 Å². The third-order valence-electron chi connectivity index (χ3n) is 4.44. The summed E-state index contributed by atoms with van der Waals surface area (Å²) in [5.74, 6) is 0.438. The summed E-state index contributed by atoms with van der Waals surface area (Å²) in [5.41, 5.74) is 5.34. The van der Waals surface area contributed by atoms with Gasteiger partial charge in [-0.2, -0.15) is 0 Å². The average molecular weight is 303 g/mol. The van der Waals surface area contributed by atoms with Crippen molar-refractivity contribution in [3.63, 3.8) is 0 Å². The van der Waals surface area contributed by atoms with Crippen LogP contribution in [-0.4, -0.2) is 45.8 Å². The highest BCUT2D eigenvalue weighted by Gasteiger charge is 2.32. The molecule has 2 aliphatic rings. The lowest BCUT2D eigenvalue weighted by atomic mass is 10.1. The van der Waals surface area contributed by atoms with E-state index in [0.29, 0.717) is 18.3 Å². The van der Waals surface area contributed by atoms with Gasteiger partial charge in [-0.1, -0.05) is 12.8 Å². The first kappa shape index (κ1) is 14.7. The Bertz CT molecular complexity index is 571. The zero-order valence-electron chi connectivity index (χ0n) is 12.5. The minimum atomic E-state index is -0.597. The second-order valence-corrected chi connectivity index (χ2v) is 6.05. The third kappa shape index (κ3) is 3.18. The van der Waals surface area contributed by atoms with Crippen molar-refractivity contribution in [3.05, 3.63) is 18.1 Å². The van der Waals surface area contributed by atoms with E-state index in [1.54, 1.807) is 6.20 Å². The number of primary amides is 1.